The predicted molar refractivity (Wildman–Crippen MR) is 100 cm³/mol. The lowest BCUT2D eigenvalue weighted by atomic mass is 10.1. The molecule has 0 aliphatic heterocycles. The lowest BCUT2D eigenvalue weighted by Gasteiger charge is -2.06. The Morgan fingerprint density at radius 2 is 1.88 bits per heavy atom. The maximum Gasteiger partial charge on any atom is 0.285 e. The van der Waals surface area contributed by atoms with Gasteiger partial charge in [-0.25, -0.2) is 0 Å². The monoisotopic (exact) mass is 376 g/mol. The van der Waals surface area contributed by atoms with Crippen molar-refractivity contribution < 1.29 is 13.2 Å². The zero-order valence-electron chi connectivity index (χ0n) is 14.4. The Morgan fingerprint density at radius 3 is 2.56 bits per heavy atom. The third-order valence-electron chi connectivity index (χ3n) is 3.87. The van der Waals surface area contributed by atoms with Gasteiger partial charge in [-0.2, -0.15) is 8.42 Å². The minimum absolute atomic E-state index is 0.193. The fraction of sp³-hybridized carbons (Fsp3) is 0.278. The molecule has 0 spiro atoms. The smallest absolute Gasteiger partial charge is 0.285 e. The minimum Gasteiger partial charge on any atom is -0.383 e. The maximum absolute atomic E-state index is 12.7. The summed E-state index contributed by atoms with van der Waals surface area (Å²) in [5.41, 5.74) is 3.23. The number of methoxy groups -OCH3 is 1. The van der Waals surface area contributed by atoms with Crippen molar-refractivity contribution in [1.82, 2.24) is 4.57 Å². The van der Waals surface area contributed by atoms with Crippen LogP contribution in [0.15, 0.2) is 51.8 Å². The molecular weight excluding hydrogens is 356 g/mol. The summed E-state index contributed by atoms with van der Waals surface area (Å²) in [4.78, 5) is 0.656. The van der Waals surface area contributed by atoms with Crippen molar-refractivity contribution in [3.05, 3.63) is 58.4 Å². The summed E-state index contributed by atoms with van der Waals surface area (Å²) in [5.74, 6) is 0. The van der Waals surface area contributed by atoms with Gasteiger partial charge in [0, 0.05) is 13.7 Å². The van der Waals surface area contributed by atoms with E-state index in [4.69, 9.17) is 4.74 Å². The zero-order chi connectivity index (χ0) is 18.0. The second-order valence-electron chi connectivity index (χ2n) is 5.84. The number of rotatable bonds is 5. The second-order valence-corrected chi connectivity index (χ2v) is 8.42. The summed E-state index contributed by atoms with van der Waals surface area (Å²) in [6.45, 7) is 5.09. The predicted octanol–water partition coefficient (Wildman–Crippen LogP) is 3.26. The Hall–Kier alpha value is -1.96. The van der Waals surface area contributed by atoms with Gasteiger partial charge in [-0.1, -0.05) is 35.6 Å². The molecule has 0 saturated carbocycles. The molecule has 0 aliphatic rings. The van der Waals surface area contributed by atoms with Gasteiger partial charge in [0.1, 0.15) is 0 Å². The molecule has 0 N–H and O–H groups in total. The van der Waals surface area contributed by atoms with Crippen molar-refractivity contribution >= 4 is 31.6 Å². The van der Waals surface area contributed by atoms with E-state index >= 15 is 0 Å². The molecule has 0 atom stereocenters. The first-order valence-electron chi connectivity index (χ1n) is 7.88. The highest BCUT2D eigenvalue weighted by atomic mass is 32.2. The van der Waals surface area contributed by atoms with Gasteiger partial charge in [0.2, 0.25) is 4.80 Å². The van der Waals surface area contributed by atoms with E-state index in [2.05, 4.69) is 16.5 Å². The van der Waals surface area contributed by atoms with E-state index in [1.807, 2.05) is 18.4 Å². The van der Waals surface area contributed by atoms with Crippen molar-refractivity contribution in [2.24, 2.45) is 4.40 Å². The molecule has 2 aromatic carbocycles. The fourth-order valence-corrected chi connectivity index (χ4v) is 5.06. The van der Waals surface area contributed by atoms with Gasteiger partial charge in [-0.3, -0.25) is 0 Å². The Balaban J connectivity index is 2.26. The molecule has 0 fully saturated rings. The van der Waals surface area contributed by atoms with E-state index in [9.17, 15) is 8.42 Å². The minimum atomic E-state index is -3.76. The molecule has 0 bridgehead atoms. The first-order valence-corrected chi connectivity index (χ1v) is 10.1. The highest BCUT2D eigenvalue weighted by molar-refractivity contribution is 7.90. The molecule has 7 heteroatoms. The number of thiazole rings is 1. The zero-order valence-corrected chi connectivity index (χ0v) is 16.0. The number of fused-ring (bicyclic) bond motifs is 1. The van der Waals surface area contributed by atoms with Gasteiger partial charge in [-0.05, 0) is 43.2 Å². The number of hydrogen-bond acceptors (Lipinski definition) is 4. The van der Waals surface area contributed by atoms with Crippen molar-refractivity contribution in [2.75, 3.05) is 13.7 Å². The van der Waals surface area contributed by atoms with Gasteiger partial charge in [-0.15, -0.1) is 4.40 Å². The molecule has 0 radical (unpaired) electrons. The van der Waals surface area contributed by atoms with Crippen LogP contribution in [0.3, 0.4) is 0 Å². The second kappa shape index (κ2) is 7.11. The average molecular weight is 377 g/mol. The third kappa shape index (κ3) is 3.68. The van der Waals surface area contributed by atoms with E-state index in [0.29, 0.717) is 18.0 Å². The molecule has 132 valence electrons. The molecule has 3 aromatic rings. The van der Waals surface area contributed by atoms with Crippen molar-refractivity contribution in [1.29, 1.82) is 0 Å². The van der Waals surface area contributed by atoms with Gasteiger partial charge in [0.25, 0.3) is 10.0 Å². The maximum atomic E-state index is 12.7. The van der Waals surface area contributed by atoms with Crippen LogP contribution in [-0.4, -0.2) is 26.7 Å². The Labute approximate surface area is 151 Å². The molecule has 0 unspecified atom stereocenters. The highest BCUT2D eigenvalue weighted by Gasteiger charge is 2.15. The molecule has 1 heterocycles. The standard InChI is InChI=1S/C18H20N2O3S2/c1-13-11-14(2)17-16(12-13)20(9-10-23-3)18(24-17)19-25(21,22)15-7-5-4-6-8-15/h4-8,11-12H,9-10H2,1-3H3/b19-18-. The number of nitrogens with zero attached hydrogens (tertiary/aromatic N) is 2. The number of hydrogen-bond donors (Lipinski definition) is 0. The van der Waals surface area contributed by atoms with Crippen molar-refractivity contribution in [3.8, 4) is 0 Å². The Kier molecular flexibility index (Phi) is 5.08. The highest BCUT2D eigenvalue weighted by Crippen LogP contribution is 2.24. The summed E-state index contributed by atoms with van der Waals surface area (Å²) >= 11 is 1.39. The van der Waals surface area contributed by atoms with Crippen molar-refractivity contribution in [3.63, 3.8) is 0 Å². The van der Waals surface area contributed by atoms with E-state index in [1.54, 1.807) is 37.4 Å². The van der Waals surface area contributed by atoms with Crippen molar-refractivity contribution in [2.45, 2.75) is 25.3 Å². The number of aromatic nitrogens is 1. The van der Waals surface area contributed by atoms with Crippen LogP contribution in [-0.2, 0) is 21.3 Å². The normalized spacial score (nSPS) is 12.8. The van der Waals surface area contributed by atoms with Crippen LogP contribution in [0, 0.1) is 13.8 Å². The van der Waals surface area contributed by atoms with Crippen LogP contribution in [0.1, 0.15) is 11.1 Å². The molecule has 0 saturated heterocycles. The van der Waals surface area contributed by atoms with E-state index in [1.165, 1.54) is 11.3 Å². The first kappa shape index (κ1) is 17.8. The van der Waals surface area contributed by atoms with Crippen LogP contribution in [0.2, 0.25) is 0 Å². The summed E-state index contributed by atoms with van der Waals surface area (Å²) in [6.07, 6.45) is 0. The summed E-state index contributed by atoms with van der Waals surface area (Å²) in [6, 6.07) is 12.4. The summed E-state index contributed by atoms with van der Waals surface area (Å²) in [7, 11) is -2.13. The summed E-state index contributed by atoms with van der Waals surface area (Å²) in [5, 5.41) is 0. The first-order chi connectivity index (χ1) is 11.9. The largest absolute Gasteiger partial charge is 0.383 e. The molecule has 0 aliphatic carbocycles. The van der Waals surface area contributed by atoms with Gasteiger partial charge < -0.3 is 9.30 Å². The average Bonchev–Trinajstić information content (AvgIpc) is 2.91. The van der Waals surface area contributed by atoms with Crippen LogP contribution < -0.4 is 4.80 Å². The topological polar surface area (TPSA) is 60.7 Å². The SMILES string of the molecule is COCCn1/c(=N/S(=O)(=O)c2ccccc2)sc2c(C)cc(C)cc21. The van der Waals surface area contributed by atoms with E-state index < -0.39 is 10.0 Å². The van der Waals surface area contributed by atoms with Crippen LogP contribution in [0.25, 0.3) is 10.2 Å². The molecule has 3 rings (SSSR count). The van der Waals surface area contributed by atoms with E-state index in [-0.39, 0.29) is 4.90 Å². The van der Waals surface area contributed by atoms with Gasteiger partial charge in [0.05, 0.1) is 21.7 Å². The third-order valence-corrected chi connectivity index (χ3v) is 6.50. The lowest BCUT2D eigenvalue weighted by Crippen LogP contribution is -2.19. The van der Waals surface area contributed by atoms with Gasteiger partial charge >= 0.3 is 0 Å². The van der Waals surface area contributed by atoms with E-state index in [0.717, 1.165) is 21.3 Å². The van der Waals surface area contributed by atoms with Crippen LogP contribution >= 0.6 is 11.3 Å². The Bertz CT molecular complexity index is 1060. The molecule has 5 nitrogen and oxygen atoms in total. The number of benzene rings is 2. The Morgan fingerprint density at radius 1 is 1.16 bits per heavy atom. The molecule has 1 aromatic heterocycles. The number of sulfonamides is 1. The molecule has 0 amide bonds. The number of ether oxygens (including phenoxy) is 1. The fourth-order valence-electron chi connectivity index (χ4n) is 2.73. The summed E-state index contributed by atoms with van der Waals surface area (Å²) < 4.78 is 37.6. The van der Waals surface area contributed by atoms with Crippen LogP contribution in [0.4, 0.5) is 0 Å². The number of aryl methyl sites for hydroxylation is 2. The van der Waals surface area contributed by atoms with Gasteiger partial charge in [0.15, 0.2) is 0 Å². The lowest BCUT2D eigenvalue weighted by molar-refractivity contribution is 0.187. The molecular formula is C18H20N2O3S2. The quantitative estimate of drug-likeness (QED) is 0.687. The molecule has 25 heavy (non-hydrogen) atoms. The van der Waals surface area contributed by atoms with Crippen LogP contribution in [0.5, 0.6) is 0 Å².